The van der Waals surface area contributed by atoms with E-state index in [1.54, 1.807) is 6.92 Å². The predicted octanol–water partition coefficient (Wildman–Crippen LogP) is 2.11. The van der Waals surface area contributed by atoms with Crippen molar-refractivity contribution in [1.29, 1.82) is 0 Å². The molecule has 0 bridgehead atoms. The van der Waals surface area contributed by atoms with Crippen LogP contribution in [0.1, 0.15) is 18.6 Å². The molecule has 19 heavy (non-hydrogen) atoms. The molecule has 0 radical (unpaired) electrons. The number of nitrogens with two attached hydrogens (primary N) is 1. The largest absolute Gasteiger partial charge is 0.465 e. The molecule has 0 saturated heterocycles. The molecule has 0 spiro atoms. The molecule has 2 N–H and O–H groups in total. The summed E-state index contributed by atoms with van der Waals surface area (Å²) in [5, 5.41) is 10.9. The molecule has 0 amide bonds. The van der Waals surface area contributed by atoms with E-state index >= 15 is 0 Å². The summed E-state index contributed by atoms with van der Waals surface area (Å²) in [6.07, 6.45) is 0.657. The third kappa shape index (κ3) is 2.95. The molecule has 0 saturated carbocycles. The van der Waals surface area contributed by atoms with Gasteiger partial charge in [0.25, 0.3) is 5.88 Å². The maximum absolute atomic E-state index is 10.9. The fourth-order valence-corrected chi connectivity index (χ4v) is 1.54. The topological polar surface area (TPSA) is 104 Å². The fraction of sp³-hybridized carbons (Fsp3) is 0.167. The predicted molar refractivity (Wildman–Crippen MR) is 68.6 cm³/mol. The highest BCUT2D eigenvalue weighted by Gasteiger charge is 2.20. The second kappa shape index (κ2) is 5.30. The summed E-state index contributed by atoms with van der Waals surface area (Å²) in [6.45, 7) is 1.78. The Labute approximate surface area is 109 Å². The number of anilines is 1. The van der Waals surface area contributed by atoms with Crippen LogP contribution >= 0.6 is 0 Å². The molecule has 7 heteroatoms. The van der Waals surface area contributed by atoms with E-state index in [4.69, 9.17) is 10.5 Å². The van der Waals surface area contributed by atoms with Gasteiger partial charge in [-0.2, -0.15) is 4.98 Å². The number of hydrogen-bond donors (Lipinski definition) is 1. The molecule has 1 unspecified atom stereocenters. The first-order chi connectivity index (χ1) is 9.08. The van der Waals surface area contributed by atoms with Crippen molar-refractivity contribution in [3.05, 3.63) is 52.2 Å². The highest BCUT2D eigenvalue weighted by Crippen LogP contribution is 2.28. The molecule has 0 aliphatic rings. The van der Waals surface area contributed by atoms with Crippen molar-refractivity contribution < 1.29 is 9.66 Å². The van der Waals surface area contributed by atoms with Crippen LogP contribution in [0.3, 0.4) is 0 Å². The van der Waals surface area contributed by atoms with Crippen molar-refractivity contribution in [2.24, 2.45) is 0 Å². The third-order valence-corrected chi connectivity index (χ3v) is 2.51. The van der Waals surface area contributed by atoms with Crippen molar-refractivity contribution in [3.8, 4) is 5.88 Å². The molecular weight excluding hydrogens is 248 g/mol. The molecule has 7 nitrogen and oxygen atoms in total. The van der Waals surface area contributed by atoms with Crippen LogP contribution in [-0.2, 0) is 0 Å². The Kier molecular flexibility index (Phi) is 3.56. The molecule has 1 aromatic heterocycles. The number of nitrogens with zero attached hydrogens (tertiary/aromatic N) is 3. The van der Waals surface area contributed by atoms with Crippen LogP contribution in [0.4, 0.5) is 11.6 Å². The first-order valence-electron chi connectivity index (χ1n) is 5.56. The van der Waals surface area contributed by atoms with Gasteiger partial charge in [-0.1, -0.05) is 30.3 Å². The zero-order valence-electron chi connectivity index (χ0n) is 10.2. The van der Waals surface area contributed by atoms with Gasteiger partial charge in [0, 0.05) is 0 Å². The fourth-order valence-electron chi connectivity index (χ4n) is 1.54. The average molecular weight is 260 g/mol. The van der Waals surface area contributed by atoms with E-state index in [0.717, 1.165) is 11.8 Å². The lowest BCUT2D eigenvalue weighted by Crippen LogP contribution is -2.08. The van der Waals surface area contributed by atoms with E-state index in [1.807, 2.05) is 30.3 Å². The molecule has 2 aromatic rings. The second-order valence-electron chi connectivity index (χ2n) is 3.85. The van der Waals surface area contributed by atoms with Crippen molar-refractivity contribution in [2.45, 2.75) is 13.0 Å². The summed E-state index contributed by atoms with van der Waals surface area (Å²) in [5.74, 6) is -0.199. The van der Waals surface area contributed by atoms with Crippen LogP contribution < -0.4 is 10.5 Å². The number of nitro groups is 1. The number of aromatic nitrogens is 2. The quantitative estimate of drug-likeness (QED) is 0.666. The maximum Gasteiger partial charge on any atom is 0.349 e. The average Bonchev–Trinajstić information content (AvgIpc) is 2.39. The zero-order valence-corrected chi connectivity index (χ0v) is 10.2. The Bertz CT molecular complexity index is 589. The van der Waals surface area contributed by atoms with Crippen molar-refractivity contribution in [3.63, 3.8) is 0 Å². The minimum Gasteiger partial charge on any atom is -0.465 e. The van der Waals surface area contributed by atoms with Gasteiger partial charge in [0.15, 0.2) is 0 Å². The lowest BCUT2D eigenvalue weighted by atomic mass is 10.1. The van der Waals surface area contributed by atoms with E-state index in [2.05, 4.69) is 9.97 Å². The van der Waals surface area contributed by atoms with Crippen LogP contribution in [0.15, 0.2) is 36.5 Å². The molecular formula is C12H12N4O3. The normalized spacial score (nSPS) is 11.8. The number of benzene rings is 1. The maximum atomic E-state index is 10.9. The summed E-state index contributed by atoms with van der Waals surface area (Å²) < 4.78 is 5.50. The highest BCUT2D eigenvalue weighted by molar-refractivity contribution is 5.42. The lowest BCUT2D eigenvalue weighted by Gasteiger charge is -2.13. The number of nitrogen functional groups attached to an aromatic ring is 1. The van der Waals surface area contributed by atoms with Crippen LogP contribution in [0, 0.1) is 10.1 Å². The Morgan fingerprint density at radius 3 is 2.68 bits per heavy atom. The van der Waals surface area contributed by atoms with Gasteiger partial charge in [0.1, 0.15) is 12.3 Å². The molecule has 0 aliphatic carbocycles. The Balaban J connectivity index is 2.28. The highest BCUT2D eigenvalue weighted by atomic mass is 16.6. The Morgan fingerprint density at radius 1 is 1.37 bits per heavy atom. The minimum absolute atomic E-state index is 0.0686. The molecule has 1 aromatic carbocycles. The van der Waals surface area contributed by atoms with Crippen molar-refractivity contribution in [2.75, 3.05) is 5.73 Å². The summed E-state index contributed by atoms with van der Waals surface area (Å²) in [7, 11) is 0. The molecule has 0 aliphatic heterocycles. The SMILES string of the molecule is CC(Oc1nc(N)ncc1[N+](=O)[O-])c1ccccc1. The third-order valence-electron chi connectivity index (χ3n) is 2.51. The second-order valence-corrected chi connectivity index (χ2v) is 3.85. The monoisotopic (exact) mass is 260 g/mol. The van der Waals surface area contributed by atoms with Crippen molar-refractivity contribution >= 4 is 11.6 Å². The number of hydrogen-bond acceptors (Lipinski definition) is 6. The lowest BCUT2D eigenvalue weighted by molar-refractivity contribution is -0.386. The zero-order chi connectivity index (χ0) is 13.8. The standard InChI is InChI=1S/C12H12N4O3/c1-8(9-5-3-2-4-6-9)19-11-10(16(17)18)7-14-12(13)15-11/h2-8H,1H3,(H2,13,14,15). The van der Waals surface area contributed by atoms with Gasteiger partial charge in [-0.05, 0) is 12.5 Å². The summed E-state index contributed by atoms with van der Waals surface area (Å²) in [6, 6.07) is 9.32. The van der Waals surface area contributed by atoms with E-state index in [9.17, 15) is 10.1 Å². The summed E-state index contributed by atoms with van der Waals surface area (Å²) in [4.78, 5) is 17.6. The van der Waals surface area contributed by atoms with E-state index in [0.29, 0.717) is 0 Å². The van der Waals surface area contributed by atoms with E-state index in [1.165, 1.54) is 0 Å². The first-order valence-corrected chi connectivity index (χ1v) is 5.56. The van der Waals surface area contributed by atoms with Gasteiger partial charge < -0.3 is 10.5 Å². The Morgan fingerprint density at radius 2 is 2.05 bits per heavy atom. The van der Waals surface area contributed by atoms with Crippen LogP contribution in [-0.4, -0.2) is 14.9 Å². The first kappa shape index (κ1) is 12.7. The van der Waals surface area contributed by atoms with Gasteiger partial charge in [-0.15, -0.1) is 0 Å². The van der Waals surface area contributed by atoms with Crippen LogP contribution in [0.25, 0.3) is 0 Å². The molecule has 0 fully saturated rings. The molecule has 1 heterocycles. The smallest absolute Gasteiger partial charge is 0.349 e. The van der Waals surface area contributed by atoms with Gasteiger partial charge in [0.2, 0.25) is 5.95 Å². The summed E-state index contributed by atoms with van der Waals surface area (Å²) >= 11 is 0. The van der Waals surface area contributed by atoms with Crippen LogP contribution in [0.2, 0.25) is 0 Å². The van der Waals surface area contributed by atoms with E-state index in [-0.39, 0.29) is 23.6 Å². The van der Waals surface area contributed by atoms with Crippen molar-refractivity contribution in [1.82, 2.24) is 9.97 Å². The van der Waals surface area contributed by atoms with E-state index < -0.39 is 4.92 Å². The molecule has 2 rings (SSSR count). The van der Waals surface area contributed by atoms with Gasteiger partial charge in [-0.25, -0.2) is 4.98 Å². The summed E-state index contributed by atoms with van der Waals surface area (Å²) in [5.41, 5.74) is 5.99. The minimum atomic E-state index is -0.605. The van der Waals surface area contributed by atoms with Crippen LogP contribution in [0.5, 0.6) is 5.88 Å². The Hall–Kier alpha value is -2.70. The number of ether oxygens (including phenoxy) is 1. The van der Waals surface area contributed by atoms with Gasteiger partial charge in [-0.3, -0.25) is 10.1 Å². The molecule has 1 atom stereocenters. The van der Waals surface area contributed by atoms with Gasteiger partial charge >= 0.3 is 5.69 Å². The van der Waals surface area contributed by atoms with Gasteiger partial charge in [0.05, 0.1) is 4.92 Å². The number of rotatable bonds is 4. The molecule has 98 valence electrons.